The minimum Gasteiger partial charge on any atom is -0.480 e. The second-order valence-corrected chi connectivity index (χ2v) is 18.2. The molecule has 3 heterocycles. The molecule has 3 atom stereocenters. The van der Waals surface area contributed by atoms with Gasteiger partial charge in [0.2, 0.25) is 11.8 Å². The van der Waals surface area contributed by atoms with Crippen LogP contribution in [0.25, 0.3) is 0 Å². The van der Waals surface area contributed by atoms with Gasteiger partial charge < -0.3 is 30.0 Å². The molecule has 22 heteroatoms. The molecule has 4 N–H and O–H groups in total. The number of amides is 4. The summed E-state index contributed by atoms with van der Waals surface area (Å²) in [6.45, 7) is 23.0. The van der Waals surface area contributed by atoms with Gasteiger partial charge in [-0.15, -0.1) is 12.4 Å². The van der Waals surface area contributed by atoms with Crippen LogP contribution in [0, 0.1) is 16.2 Å². The van der Waals surface area contributed by atoms with E-state index in [1.807, 2.05) is 0 Å². The Morgan fingerprint density at radius 2 is 1.02 bits per heavy atom. The first-order chi connectivity index (χ1) is 26.7. The van der Waals surface area contributed by atoms with Crippen molar-refractivity contribution in [2.45, 2.75) is 165 Å². The zero-order valence-corrected chi connectivity index (χ0v) is 39.0. The number of hydrogen-bond donors (Lipinski definition) is 4. The molecule has 0 aromatic heterocycles. The fraction of sp³-hybridized carbons (Fsp3) is 0.850. The molecule has 4 amide bonds. The van der Waals surface area contributed by atoms with Crippen molar-refractivity contribution in [3.05, 3.63) is 0 Å². The van der Waals surface area contributed by atoms with Crippen LogP contribution in [0.4, 0.5) is 35.9 Å². The summed E-state index contributed by atoms with van der Waals surface area (Å²) in [5.74, 6) is -11.9. The number of likely N-dealkylation sites (tertiary alicyclic amines) is 2. The molecule has 0 radical (unpaired) electrons. The molecule has 3 unspecified atom stereocenters. The Balaban J connectivity index is -0.000000788. The lowest BCUT2D eigenvalue weighted by atomic mass is 9.81. The fourth-order valence-corrected chi connectivity index (χ4v) is 6.18. The van der Waals surface area contributed by atoms with E-state index in [4.69, 9.17) is 14.6 Å². The third kappa shape index (κ3) is 15.8. The lowest BCUT2D eigenvalue weighted by Crippen LogP contribution is -2.53. The standard InChI is InChI=1S/C14H24F2N2O3.C12H19F2NO4.C9H16F2N2O.C4H8O2.CH4.ClH/c1-7-17-10(19)9-13(5,6)14(15,16)8-18(9)11(20)21-12(2,3)4;1-10(2,3)19-9(18)15-6-12(13,14)11(4,5)7(15)8(16)17;1-4-12-7(14)6-8(2,3)9(10,11)5-13-6;1-3-6-4(2)5;;/h9H,7-8H2,1-6H3,(H,17,19);7H,6H2,1-5H3,(H,16,17);6,13H,4-5H2,1-3H3,(H,12,14);3H2,1-2H3;1H4;1H. The number of carbonyl (C=O) groups excluding carboxylic acids is 5. The van der Waals surface area contributed by atoms with E-state index in [-0.39, 0.29) is 31.7 Å². The van der Waals surface area contributed by atoms with E-state index in [0.29, 0.717) is 24.6 Å². The van der Waals surface area contributed by atoms with Crippen LogP contribution in [0.5, 0.6) is 0 Å². The van der Waals surface area contributed by atoms with Crippen LogP contribution in [-0.2, 0) is 33.4 Å². The Bertz CT molecular complexity index is 1540. The number of ether oxygens (including phenoxy) is 3. The van der Waals surface area contributed by atoms with Gasteiger partial charge in [-0.1, -0.05) is 49.0 Å². The summed E-state index contributed by atoms with van der Waals surface area (Å²) in [5, 5.41) is 16.7. The SMILES string of the molecule is C.CC(C)(C)OC(=O)N1CC(F)(F)C(C)(C)C1C(=O)O.CCNC(=O)C1N(C(=O)OC(C)(C)C)CC(F)(F)C1(C)C.CCNC(=O)C1NCC(F)(F)C1(C)C.CCOC(C)=O.Cl. The molecule has 62 heavy (non-hydrogen) atoms. The highest BCUT2D eigenvalue weighted by Gasteiger charge is 2.66. The van der Waals surface area contributed by atoms with Crippen molar-refractivity contribution in [3.8, 4) is 0 Å². The molecular weight excluding hydrogens is 860 g/mol. The average Bonchev–Trinajstić information content (AvgIpc) is 3.46. The van der Waals surface area contributed by atoms with E-state index in [0.717, 1.165) is 18.7 Å². The van der Waals surface area contributed by atoms with E-state index < -0.39 is 107 Å². The van der Waals surface area contributed by atoms with Gasteiger partial charge in [0.1, 0.15) is 23.3 Å². The summed E-state index contributed by atoms with van der Waals surface area (Å²) in [4.78, 5) is 70.0. The highest BCUT2D eigenvalue weighted by Crippen LogP contribution is 2.49. The van der Waals surface area contributed by atoms with Crippen LogP contribution in [0.3, 0.4) is 0 Å². The van der Waals surface area contributed by atoms with Gasteiger partial charge in [0.05, 0.1) is 48.5 Å². The smallest absolute Gasteiger partial charge is 0.411 e. The molecule has 366 valence electrons. The molecule has 3 aliphatic rings. The summed E-state index contributed by atoms with van der Waals surface area (Å²) >= 11 is 0. The first-order valence-electron chi connectivity index (χ1n) is 19.5. The van der Waals surface area contributed by atoms with Crippen LogP contribution in [0.15, 0.2) is 0 Å². The number of carboxylic acid groups (broad SMARTS) is 1. The largest absolute Gasteiger partial charge is 0.480 e. The molecule has 0 spiro atoms. The van der Waals surface area contributed by atoms with E-state index in [1.54, 1.807) is 62.3 Å². The van der Waals surface area contributed by atoms with E-state index in [1.165, 1.54) is 34.6 Å². The third-order valence-corrected chi connectivity index (χ3v) is 9.86. The topological polar surface area (TPSA) is 193 Å². The highest BCUT2D eigenvalue weighted by molar-refractivity contribution is 5.88. The number of alkyl halides is 6. The predicted octanol–water partition coefficient (Wildman–Crippen LogP) is 7.14. The molecule has 3 aliphatic heterocycles. The summed E-state index contributed by atoms with van der Waals surface area (Å²) in [6, 6.07) is -3.68. The molecular formula is C40H72ClF6N5O10. The number of likely N-dealkylation sites (N-methyl/N-ethyl adjacent to an activating group) is 2. The second kappa shape index (κ2) is 22.7. The average molecular weight is 932 g/mol. The molecule has 3 fully saturated rings. The molecule has 3 saturated heterocycles. The quantitative estimate of drug-likeness (QED) is 0.120. The second-order valence-electron chi connectivity index (χ2n) is 18.2. The highest BCUT2D eigenvalue weighted by atomic mass is 35.5. The first-order valence-corrected chi connectivity index (χ1v) is 19.5. The number of nitrogens with zero attached hydrogens (tertiary/aromatic N) is 2. The predicted molar refractivity (Wildman–Crippen MR) is 223 cm³/mol. The van der Waals surface area contributed by atoms with E-state index in [2.05, 4.69) is 20.7 Å². The van der Waals surface area contributed by atoms with Crippen molar-refractivity contribution in [1.29, 1.82) is 0 Å². The number of nitrogens with one attached hydrogen (secondary N) is 3. The van der Waals surface area contributed by atoms with Crippen molar-refractivity contribution in [1.82, 2.24) is 25.8 Å². The van der Waals surface area contributed by atoms with Crippen molar-refractivity contribution < 1.29 is 74.4 Å². The number of carboxylic acids is 1. The van der Waals surface area contributed by atoms with Crippen LogP contribution < -0.4 is 16.0 Å². The maximum Gasteiger partial charge on any atom is 0.411 e. The number of esters is 1. The lowest BCUT2D eigenvalue weighted by molar-refractivity contribution is -0.149. The normalized spacial score (nSPS) is 23.0. The molecule has 15 nitrogen and oxygen atoms in total. The molecule has 0 saturated carbocycles. The van der Waals surface area contributed by atoms with E-state index >= 15 is 0 Å². The zero-order valence-electron chi connectivity index (χ0n) is 38.2. The number of aliphatic carboxylic acids is 1. The van der Waals surface area contributed by atoms with Crippen LogP contribution in [-0.4, -0.2) is 137 Å². The Labute approximate surface area is 368 Å². The molecule has 0 aromatic rings. The third-order valence-electron chi connectivity index (χ3n) is 9.86. The fourth-order valence-electron chi connectivity index (χ4n) is 6.18. The monoisotopic (exact) mass is 931 g/mol. The first kappa shape index (κ1) is 62.5. The summed E-state index contributed by atoms with van der Waals surface area (Å²) < 4.78 is 97.3. The van der Waals surface area contributed by atoms with Gasteiger partial charge in [-0.05, 0) is 62.3 Å². The van der Waals surface area contributed by atoms with Crippen LogP contribution >= 0.6 is 12.4 Å². The summed E-state index contributed by atoms with van der Waals surface area (Å²) in [5.41, 5.74) is -6.53. The van der Waals surface area contributed by atoms with Crippen molar-refractivity contribution in [3.63, 3.8) is 0 Å². The number of hydrogen-bond acceptors (Lipinski definition) is 10. The van der Waals surface area contributed by atoms with Gasteiger partial charge in [-0.25, -0.2) is 40.7 Å². The van der Waals surface area contributed by atoms with Crippen LogP contribution in [0.2, 0.25) is 0 Å². The Hall–Kier alpha value is -3.75. The van der Waals surface area contributed by atoms with Crippen molar-refractivity contribution in [2.75, 3.05) is 39.3 Å². The summed E-state index contributed by atoms with van der Waals surface area (Å²) in [6.07, 6.45) is -1.94. The number of carbonyl (C=O) groups is 6. The van der Waals surface area contributed by atoms with Gasteiger partial charge in [0.15, 0.2) is 0 Å². The molecule has 0 bridgehead atoms. The van der Waals surface area contributed by atoms with Crippen LogP contribution in [0.1, 0.15) is 118 Å². The lowest BCUT2D eigenvalue weighted by Gasteiger charge is -2.33. The maximum atomic E-state index is 14.2. The van der Waals surface area contributed by atoms with Gasteiger partial charge in [-0.3, -0.25) is 29.5 Å². The number of halogens is 7. The molecule has 3 rings (SSSR count). The minimum absolute atomic E-state index is 0. The minimum atomic E-state index is -3.28. The van der Waals surface area contributed by atoms with Crippen molar-refractivity contribution >= 4 is 48.3 Å². The maximum absolute atomic E-state index is 14.2. The van der Waals surface area contributed by atoms with E-state index in [9.17, 15) is 55.1 Å². The van der Waals surface area contributed by atoms with Gasteiger partial charge in [0.25, 0.3) is 17.8 Å². The molecule has 0 aromatic carbocycles. The number of rotatable bonds is 6. The Morgan fingerprint density at radius 1 is 0.661 bits per heavy atom. The van der Waals surface area contributed by atoms with Gasteiger partial charge >= 0.3 is 24.1 Å². The Morgan fingerprint density at radius 3 is 1.29 bits per heavy atom. The summed E-state index contributed by atoms with van der Waals surface area (Å²) in [7, 11) is 0. The Kier molecular flexibility index (Phi) is 22.9. The zero-order chi connectivity index (χ0) is 47.8. The van der Waals surface area contributed by atoms with Crippen molar-refractivity contribution in [2.24, 2.45) is 16.2 Å². The van der Waals surface area contributed by atoms with Gasteiger partial charge in [0, 0.05) is 20.0 Å². The molecule has 0 aliphatic carbocycles. The van der Waals surface area contributed by atoms with Gasteiger partial charge in [-0.2, -0.15) is 0 Å².